The number of imidazole rings is 1. The number of fused-ring (bicyclic) bond motifs is 4. The second-order valence-electron chi connectivity index (χ2n) is 10.5. The number of hydrogen-bond acceptors (Lipinski definition) is 6. The summed E-state index contributed by atoms with van der Waals surface area (Å²) in [6.07, 6.45) is 4.68. The number of nitro benzene ring substituents is 1. The highest BCUT2D eigenvalue weighted by Gasteiger charge is 2.40. The van der Waals surface area contributed by atoms with Crippen molar-refractivity contribution in [3.8, 4) is 0 Å². The first kappa shape index (κ1) is 23.5. The lowest BCUT2D eigenvalue weighted by atomic mass is 9.71. The number of rotatable bonds is 4. The van der Waals surface area contributed by atoms with E-state index >= 15 is 0 Å². The fourth-order valence-corrected chi connectivity index (χ4v) is 6.45. The summed E-state index contributed by atoms with van der Waals surface area (Å²) in [6, 6.07) is 17.7. The van der Waals surface area contributed by atoms with Gasteiger partial charge in [0.1, 0.15) is 0 Å². The zero-order chi connectivity index (χ0) is 25.9. The lowest BCUT2D eigenvalue weighted by Gasteiger charge is -2.41. The number of allylic oxidation sites excluding steroid dienone is 2. The van der Waals surface area contributed by atoms with Crippen LogP contribution in [0, 0.1) is 15.5 Å². The predicted molar refractivity (Wildman–Crippen MR) is 146 cm³/mol. The zero-order valence-corrected chi connectivity index (χ0v) is 21.7. The maximum atomic E-state index is 13.7. The fraction of sp³-hybridized carbons (Fsp3) is 0.241. The number of aromatic nitrogens is 2. The molecule has 1 aliphatic heterocycles. The van der Waals surface area contributed by atoms with E-state index in [1.54, 1.807) is 18.3 Å². The predicted octanol–water partition coefficient (Wildman–Crippen LogP) is 6.75. The van der Waals surface area contributed by atoms with Crippen molar-refractivity contribution < 1.29 is 9.72 Å². The van der Waals surface area contributed by atoms with Crippen molar-refractivity contribution in [1.82, 2.24) is 9.55 Å². The van der Waals surface area contributed by atoms with Gasteiger partial charge in [-0.05, 0) is 63.2 Å². The Morgan fingerprint density at radius 1 is 1.08 bits per heavy atom. The molecule has 4 aromatic rings. The molecular formula is C29H26N4O3S. The van der Waals surface area contributed by atoms with Gasteiger partial charge in [0, 0.05) is 44.2 Å². The lowest BCUT2D eigenvalue weighted by molar-refractivity contribution is -0.387. The summed E-state index contributed by atoms with van der Waals surface area (Å²) >= 11 is 1.26. The summed E-state index contributed by atoms with van der Waals surface area (Å²) in [7, 11) is 1.86. The summed E-state index contributed by atoms with van der Waals surface area (Å²) in [4.78, 5) is 32.2. The molecule has 8 heteroatoms. The number of nitrogens with zero attached hydrogens (tertiary/aromatic N) is 4. The second-order valence-corrected chi connectivity index (χ2v) is 11.5. The van der Waals surface area contributed by atoms with Crippen molar-refractivity contribution in [3.63, 3.8) is 0 Å². The molecule has 0 amide bonds. The van der Waals surface area contributed by atoms with E-state index in [1.807, 2.05) is 40.9 Å². The van der Waals surface area contributed by atoms with Gasteiger partial charge in [-0.25, -0.2) is 4.98 Å². The molecule has 0 bridgehead atoms. The highest BCUT2D eigenvalue weighted by molar-refractivity contribution is 7.99. The molecule has 0 saturated heterocycles. The molecule has 0 saturated carbocycles. The molecule has 2 heterocycles. The summed E-state index contributed by atoms with van der Waals surface area (Å²) < 4.78 is 1.83. The van der Waals surface area contributed by atoms with E-state index in [4.69, 9.17) is 0 Å². The molecule has 1 aliphatic carbocycles. The van der Waals surface area contributed by atoms with Gasteiger partial charge < -0.3 is 9.47 Å². The van der Waals surface area contributed by atoms with E-state index in [0.29, 0.717) is 34.4 Å². The van der Waals surface area contributed by atoms with Crippen LogP contribution < -0.4 is 4.90 Å². The summed E-state index contributed by atoms with van der Waals surface area (Å²) in [5.41, 5.74) is 4.45. The molecule has 0 N–H and O–H groups in total. The molecule has 0 spiro atoms. The number of aryl methyl sites for hydroxylation is 1. The van der Waals surface area contributed by atoms with Gasteiger partial charge in [0.15, 0.2) is 10.9 Å². The van der Waals surface area contributed by atoms with Crippen LogP contribution in [-0.2, 0) is 18.4 Å². The largest absolute Gasteiger partial charge is 0.334 e. The number of hydrogen-bond donors (Lipinski definition) is 0. The Morgan fingerprint density at radius 3 is 2.65 bits per heavy atom. The van der Waals surface area contributed by atoms with Gasteiger partial charge >= 0.3 is 0 Å². The van der Waals surface area contributed by atoms with Crippen molar-refractivity contribution in [2.75, 3.05) is 4.90 Å². The van der Waals surface area contributed by atoms with E-state index in [1.165, 1.54) is 11.8 Å². The quantitative estimate of drug-likeness (QED) is 0.223. The van der Waals surface area contributed by atoms with Crippen molar-refractivity contribution in [2.24, 2.45) is 12.5 Å². The average Bonchev–Trinajstić information content (AvgIpc) is 3.26. The van der Waals surface area contributed by atoms with E-state index in [0.717, 1.165) is 33.9 Å². The Balaban J connectivity index is 1.51. The van der Waals surface area contributed by atoms with Crippen molar-refractivity contribution >= 4 is 45.3 Å². The number of carbonyl (C=O) groups excluding carboxylic acids is 1. The number of carbonyl (C=O) groups is 1. The van der Waals surface area contributed by atoms with E-state index in [2.05, 4.69) is 43.1 Å². The maximum Gasteiger partial charge on any atom is 0.285 e. The highest BCUT2D eigenvalue weighted by Crippen LogP contribution is 2.49. The molecule has 0 fully saturated rings. The van der Waals surface area contributed by atoms with Crippen molar-refractivity contribution in [2.45, 2.75) is 43.3 Å². The van der Waals surface area contributed by atoms with Crippen LogP contribution >= 0.6 is 11.8 Å². The Morgan fingerprint density at radius 2 is 1.89 bits per heavy atom. The first-order chi connectivity index (χ1) is 17.7. The molecule has 37 heavy (non-hydrogen) atoms. The van der Waals surface area contributed by atoms with Gasteiger partial charge in [-0.3, -0.25) is 14.9 Å². The highest BCUT2D eigenvalue weighted by atomic mass is 32.2. The van der Waals surface area contributed by atoms with Crippen LogP contribution in [0.5, 0.6) is 0 Å². The minimum Gasteiger partial charge on any atom is -0.334 e. The van der Waals surface area contributed by atoms with Gasteiger partial charge in [0.25, 0.3) is 5.69 Å². The molecule has 3 aromatic carbocycles. The monoisotopic (exact) mass is 510 g/mol. The standard InChI is InChI=1S/C29H26N4O3S/c1-29(2)15-22-26-19(9-8-18-6-4-5-7-21(18)26)17-32(27(22)24(34)16-29)20-10-11-25(23(14-20)33(35)36)37-28-30-12-13-31(28)3/h4-14H,15-17H2,1-3H3. The Labute approximate surface area is 219 Å². The van der Waals surface area contributed by atoms with Crippen LogP contribution in [0.25, 0.3) is 16.3 Å². The first-order valence-corrected chi connectivity index (χ1v) is 13.0. The van der Waals surface area contributed by atoms with E-state index in [9.17, 15) is 14.9 Å². The van der Waals surface area contributed by atoms with E-state index < -0.39 is 0 Å². The smallest absolute Gasteiger partial charge is 0.285 e. The molecule has 6 rings (SSSR count). The van der Waals surface area contributed by atoms with Gasteiger partial charge in [-0.1, -0.05) is 50.2 Å². The van der Waals surface area contributed by atoms with Crippen LogP contribution in [0.4, 0.5) is 11.4 Å². The minimum atomic E-state index is -0.360. The third kappa shape index (κ3) is 4.01. The van der Waals surface area contributed by atoms with Gasteiger partial charge in [-0.2, -0.15) is 0 Å². The van der Waals surface area contributed by atoms with E-state index in [-0.39, 0.29) is 21.8 Å². The van der Waals surface area contributed by atoms with Crippen LogP contribution in [0.3, 0.4) is 0 Å². The molecule has 2 aliphatic rings. The molecule has 7 nitrogen and oxygen atoms in total. The number of Topliss-reactive ketones (excluding diaryl/α,β-unsaturated/α-hetero) is 1. The molecule has 0 radical (unpaired) electrons. The van der Waals surface area contributed by atoms with Crippen LogP contribution in [0.1, 0.15) is 37.8 Å². The average molecular weight is 511 g/mol. The normalized spacial score (nSPS) is 16.6. The van der Waals surface area contributed by atoms with Crippen LogP contribution in [0.15, 0.2) is 82.7 Å². The van der Waals surface area contributed by atoms with Gasteiger partial charge in [0.05, 0.1) is 15.5 Å². The SMILES string of the molecule is Cn1ccnc1Sc1ccc(N2Cc3ccc4ccccc4c3C3=C2C(=O)CC(C)(C)C3)cc1[N+](=O)[O-]. The fourth-order valence-electron chi connectivity index (χ4n) is 5.56. The maximum absolute atomic E-state index is 13.7. The number of anilines is 1. The third-order valence-electron chi connectivity index (χ3n) is 7.19. The second kappa shape index (κ2) is 8.59. The van der Waals surface area contributed by atoms with Gasteiger partial charge in [-0.15, -0.1) is 0 Å². The minimum absolute atomic E-state index is 0.000506. The van der Waals surface area contributed by atoms with Crippen molar-refractivity contribution in [3.05, 3.63) is 93.9 Å². The molecule has 0 unspecified atom stereocenters. The van der Waals surface area contributed by atoms with Crippen LogP contribution in [-0.4, -0.2) is 20.3 Å². The summed E-state index contributed by atoms with van der Waals surface area (Å²) in [5, 5.41) is 15.1. The number of ketones is 1. The number of nitro groups is 1. The van der Waals surface area contributed by atoms with Crippen molar-refractivity contribution in [1.29, 1.82) is 0 Å². The first-order valence-electron chi connectivity index (χ1n) is 12.2. The number of benzene rings is 3. The molecule has 1 aromatic heterocycles. The topological polar surface area (TPSA) is 81.3 Å². The molecule has 186 valence electrons. The lowest BCUT2D eigenvalue weighted by Crippen LogP contribution is -2.38. The third-order valence-corrected chi connectivity index (χ3v) is 8.33. The summed E-state index contributed by atoms with van der Waals surface area (Å²) in [6.45, 7) is 4.74. The molecular weight excluding hydrogens is 484 g/mol. The zero-order valence-electron chi connectivity index (χ0n) is 20.9. The Bertz CT molecular complexity index is 1640. The molecule has 0 atom stereocenters. The van der Waals surface area contributed by atoms with Crippen LogP contribution in [0.2, 0.25) is 0 Å². The Hall–Kier alpha value is -3.91. The summed E-state index contributed by atoms with van der Waals surface area (Å²) in [5.74, 6) is 0.0824. The van der Waals surface area contributed by atoms with Gasteiger partial charge in [0.2, 0.25) is 0 Å². The Kier molecular flexibility index (Phi) is 5.45.